The summed E-state index contributed by atoms with van der Waals surface area (Å²) < 4.78 is 8.93. The average molecular weight is 1870 g/mol. The zero-order chi connectivity index (χ0) is 97.3. The second-order valence-corrected chi connectivity index (χ2v) is 38.5. The molecule has 0 saturated carbocycles. The van der Waals surface area contributed by atoms with Crippen LogP contribution in [0.15, 0.2) is 510 Å². The SMILES string of the molecule is CC(C)(C)c1ccc2c(c1)c1ccc3ccccc3c1n2-c1ncc(-c2cccc(-c3cccc(-c4ccccc4)c3)c2)cn1.c1ccc(-c2ccc3c(c2)c2cc4ccccc4cc2n3-c2ncc(-c3cccc(-c4ccc5c(n4)c4ccccc4n5-c4ccccc4)c3)cn2)cc1.c1ccc(-c2cccc(-c3cccc(-c4cnc(-n5c6ccc(-c7ccccc7)cc6c6ccc7ccccc7c65)nc4)c3)c2)cc1. The van der Waals surface area contributed by atoms with Gasteiger partial charge in [0.2, 0.25) is 17.8 Å². The molecule has 28 aromatic rings. The third kappa shape index (κ3) is 16.1. The molecular formula is C135H93N11. The van der Waals surface area contributed by atoms with Crippen LogP contribution in [0.1, 0.15) is 26.3 Å². The molecule has 0 bridgehead atoms. The number of rotatable bonds is 14. The minimum absolute atomic E-state index is 0.0506. The number of para-hydroxylation sites is 2. The molecule has 0 aliphatic rings. The lowest BCUT2D eigenvalue weighted by molar-refractivity contribution is 0.591. The fourth-order valence-corrected chi connectivity index (χ4v) is 21.2. The van der Waals surface area contributed by atoms with Crippen LogP contribution >= 0.6 is 0 Å². The van der Waals surface area contributed by atoms with Crippen LogP contribution in [0.2, 0.25) is 0 Å². The number of benzene rings is 20. The van der Waals surface area contributed by atoms with E-state index in [0.29, 0.717) is 17.8 Å². The smallest absolute Gasteiger partial charge is 0.234 e. The van der Waals surface area contributed by atoms with E-state index >= 15 is 0 Å². The van der Waals surface area contributed by atoms with Crippen molar-refractivity contribution in [2.75, 3.05) is 0 Å². The fraction of sp³-hybridized carbons (Fsp3) is 0.0296. The van der Waals surface area contributed by atoms with E-state index in [1.807, 2.05) is 43.2 Å². The van der Waals surface area contributed by atoms with Gasteiger partial charge in [0.1, 0.15) is 0 Å². The first-order chi connectivity index (χ1) is 72.0. The Balaban J connectivity index is 0.000000112. The molecule has 0 fully saturated rings. The standard InChI is InChI=1S/C49H31N5.C44H29N3.C42H33N3/c1-3-12-32(13-4-1)36-22-24-45-41(28-36)42-27-34-14-7-8-15-35(34)29-47(42)54(45)49-50-30-38(31-51-49)33-16-11-17-37(26-33)43-23-25-46-48(52-43)40-20-9-10-21-44(40)53(46)39-18-5-2-6-19-39;1-3-11-30(12-4-1)33-16-9-17-34(25-33)35-18-10-19-36(26-35)38-28-45-44(46-29-38)47-42-24-22-37(31-13-5-2-6-14-31)27-41(42)40-23-21-32-15-7-8-20-39(32)43(40)47;1-42(2,3)35-20-22-39-38(25-35)37-21-19-29-13-7-8-18-36(29)40(37)45(39)41-43-26-34(27-44-41)33-17-10-16-32(24-33)31-15-9-14-30(23-31)28-11-5-4-6-12-28/h1-31H;1-29H;4-27H,1-3H3. The molecule has 11 heteroatoms. The molecule has 0 spiro atoms. The Kier molecular flexibility index (Phi) is 21.9. The summed E-state index contributed by atoms with van der Waals surface area (Å²) in [5, 5.41) is 15.5. The molecule has 8 heterocycles. The Labute approximate surface area is 844 Å². The van der Waals surface area contributed by atoms with E-state index in [-0.39, 0.29) is 5.41 Å². The third-order valence-corrected chi connectivity index (χ3v) is 28.5. The van der Waals surface area contributed by atoms with E-state index in [9.17, 15) is 0 Å². The Hall–Kier alpha value is -19.2. The average Bonchev–Trinajstić information content (AvgIpc) is 1.56. The maximum atomic E-state index is 5.25. The van der Waals surface area contributed by atoms with Crippen molar-refractivity contribution in [1.82, 2.24) is 53.2 Å². The van der Waals surface area contributed by atoms with Crippen LogP contribution in [0.5, 0.6) is 0 Å². The van der Waals surface area contributed by atoms with Gasteiger partial charge < -0.3 is 4.57 Å². The van der Waals surface area contributed by atoms with Gasteiger partial charge in [0.15, 0.2) is 0 Å². The molecule has 0 aliphatic carbocycles. The topological polar surface area (TPSA) is 110 Å². The van der Waals surface area contributed by atoms with Crippen molar-refractivity contribution in [1.29, 1.82) is 0 Å². The summed E-state index contributed by atoms with van der Waals surface area (Å²) in [4.78, 5) is 35.2. The first-order valence-corrected chi connectivity index (χ1v) is 49.6. The van der Waals surface area contributed by atoms with Crippen LogP contribution in [-0.2, 0) is 5.41 Å². The second-order valence-electron chi connectivity index (χ2n) is 38.5. The van der Waals surface area contributed by atoms with Crippen LogP contribution in [0, 0.1) is 0 Å². The van der Waals surface area contributed by atoms with Crippen LogP contribution in [0.4, 0.5) is 0 Å². The van der Waals surface area contributed by atoms with E-state index < -0.39 is 0 Å². The highest BCUT2D eigenvalue weighted by molar-refractivity contribution is 6.21. The van der Waals surface area contributed by atoms with Crippen LogP contribution in [0.3, 0.4) is 0 Å². The minimum Gasteiger partial charge on any atom is -0.308 e. The maximum Gasteiger partial charge on any atom is 0.234 e. The summed E-state index contributed by atoms with van der Waals surface area (Å²) in [5.74, 6) is 1.97. The molecule has 0 unspecified atom stereocenters. The monoisotopic (exact) mass is 1870 g/mol. The maximum absolute atomic E-state index is 5.25. The zero-order valence-corrected chi connectivity index (χ0v) is 80.4. The highest BCUT2D eigenvalue weighted by atomic mass is 15.2. The van der Waals surface area contributed by atoms with E-state index in [0.717, 1.165) is 116 Å². The summed E-state index contributed by atoms with van der Waals surface area (Å²) in [6.45, 7) is 6.79. The van der Waals surface area contributed by atoms with Gasteiger partial charge in [0, 0.05) is 114 Å². The summed E-state index contributed by atoms with van der Waals surface area (Å²) >= 11 is 0. The Morgan fingerprint density at radius 3 is 0.925 bits per heavy atom. The normalized spacial score (nSPS) is 11.7. The molecule has 28 rings (SSSR count). The van der Waals surface area contributed by atoms with E-state index in [1.54, 1.807) is 0 Å². The van der Waals surface area contributed by atoms with E-state index in [2.05, 4.69) is 506 Å². The van der Waals surface area contributed by atoms with Gasteiger partial charge in [-0.25, -0.2) is 34.9 Å². The third-order valence-electron chi connectivity index (χ3n) is 28.5. The highest BCUT2D eigenvalue weighted by Gasteiger charge is 2.25. The van der Waals surface area contributed by atoms with E-state index in [1.165, 1.54) is 126 Å². The van der Waals surface area contributed by atoms with Gasteiger partial charge in [-0.05, 0) is 225 Å². The molecule has 0 N–H and O–H groups in total. The van der Waals surface area contributed by atoms with Crippen molar-refractivity contribution in [3.63, 3.8) is 0 Å². The molecular weight excluding hydrogens is 1780 g/mol. The van der Waals surface area contributed by atoms with E-state index in [4.69, 9.17) is 34.9 Å². The zero-order valence-electron chi connectivity index (χ0n) is 80.4. The van der Waals surface area contributed by atoms with Crippen molar-refractivity contribution in [3.8, 4) is 135 Å². The summed E-state index contributed by atoms with van der Waals surface area (Å²) in [6.07, 6.45) is 11.7. The van der Waals surface area contributed by atoms with Crippen LogP contribution in [0.25, 0.3) is 255 Å². The van der Waals surface area contributed by atoms with Crippen molar-refractivity contribution >= 4 is 120 Å². The molecule has 0 saturated heterocycles. The number of hydrogen-bond acceptors (Lipinski definition) is 7. The lowest BCUT2D eigenvalue weighted by Gasteiger charge is -2.19. The van der Waals surface area contributed by atoms with Crippen molar-refractivity contribution < 1.29 is 0 Å². The van der Waals surface area contributed by atoms with Crippen LogP contribution < -0.4 is 0 Å². The molecule has 688 valence electrons. The number of nitrogens with zero attached hydrogens (tertiary/aromatic N) is 11. The van der Waals surface area contributed by atoms with Gasteiger partial charge in [-0.15, -0.1) is 0 Å². The molecule has 11 nitrogen and oxygen atoms in total. The number of aromatic nitrogens is 11. The molecule has 0 radical (unpaired) electrons. The largest absolute Gasteiger partial charge is 0.308 e. The van der Waals surface area contributed by atoms with Crippen molar-refractivity contribution in [2.24, 2.45) is 0 Å². The van der Waals surface area contributed by atoms with Gasteiger partial charge in [-0.3, -0.25) is 13.7 Å². The second kappa shape index (κ2) is 36.8. The van der Waals surface area contributed by atoms with Crippen molar-refractivity contribution in [2.45, 2.75) is 26.2 Å². The molecule has 0 atom stereocenters. The first kappa shape index (κ1) is 87.1. The molecule has 0 amide bonds. The molecule has 0 aliphatic heterocycles. The number of hydrogen-bond donors (Lipinski definition) is 0. The number of pyridine rings is 1. The summed E-state index contributed by atoms with van der Waals surface area (Å²) in [5.41, 5.74) is 34.7. The van der Waals surface area contributed by atoms with Gasteiger partial charge >= 0.3 is 0 Å². The Morgan fingerprint density at radius 1 is 0.171 bits per heavy atom. The predicted octanol–water partition coefficient (Wildman–Crippen LogP) is 34.6. The lowest BCUT2D eigenvalue weighted by atomic mass is 9.86. The van der Waals surface area contributed by atoms with Gasteiger partial charge in [-0.1, -0.05) is 385 Å². The highest BCUT2D eigenvalue weighted by Crippen LogP contribution is 2.45. The summed E-state index contributed by atoms with van der Waals surface area (Å²) in [7, 11) is 0. The molecule has 8 aromatic heterocycles. The molecule has 20 aromatic carbocycles. The first-order valence-electron chi connectivity index (χ1n) is 49.6. The number of fused-ring (bicyclic) bond motifs is 17. The van der Waals surface area contributed by atoms with Gasteiger partial charge in [0.25, 0.3) is 0 Å². The fourth-order valence-electron chi connectivity index (χ4n) is 21.2. The Morgan fingerprint density at radius 2 is 0.479 bits per heavy atom. The predicted molar refractivity (Wildman–Crippen MR) is 607 cm³/mol. The summed E-state index contributed by atoms with van der Waals surface area (Å²) in [6, 6.07) is 168. The quantitative estimate of drug-likeness (QED) is 0.107. The van der Waals surface area contributed by atoms with Gasteiger partial charge in [-0.2, -0.15) is 0 Å². The van der Waals surface area contributed by atoms with Gasteiger partial charge in [0.05, 0.1) is 55.3 Å². The molecule has 146 heavy (non-hydrogen) atoms. The van der Waals surface area contributed by atoms with Crippen LogP contribution in [-0.4, -0.2) is 53.2 Å². The van der Waals surface area contributed by atoms with Crippen molar-refractivity contribution in [3.05, 3.63) is 516 Å². The lowest BCUT2D eigenvalue weighted by Crippen LogP contribution is -2.10. The Bertz CT molecular complexity index is 9880. The minimum atomic E-state index is 0.0506.